The molecule has 0 saturated heterocycles. The van der Waals surface area contributed by atoms with E-state index in [1.54, 1.807) is 0 Å². The summed E-state index contributed by atoms with van der Waals surface area (Å²) in [6.45, 7) is 1.95. The third-order valence-electron chi connectivity index (χ3n) is 4.63. The Hall–Kier alpha value is -1.76. The van der Waals surface area contributed by atoms with E-state index in [2.05, 4.69) is 4.72 Å². The molecule has 0 aromatic heterocycles. The molecule has 134 valence electrons. The highest BCUT2D eigenvalue weighted by Gasteiger charge is 2.25. The first-order valence-electron chi connectivity index (χ1n) is 8.42. The summed E-state index contributed by atoms with van der Waals surface area (Å²) in [6.07, 6.45) is 1.98. The fourth-order valence-corrected chi connectivity index (χ4v) is 4.43. The molecule has 0 unspecified atom stereocenters. The molecule has 0 spiro atoms. The lowest BCUT2D eigenvalue weighted by atomic mass is 9.94. The van der Waals surface area contributed by atoms with Gasteiger partial charge in [0.2, 0.25) is 10.0 Å². The zero-order valence-corrected chi connectivity index (χ0v) is 14.9. The van der Waals surface area contributed by atoms with Crippen molar-refractivity contribution in [3.8, 4) is 11.1 Å². The largest absolute Gasteiger partial charge is 0.393 e. The van der Waals surface area contributed by atoms with Gasteiger partial charge in [0.25, 0.3) is 0 Å². The summed E-state index contributed by atoms with van der Waals surface area (Å²) in [6, 6.07) is 11.2. The van der Waals surface area contributed by atoms with Gasteiger partial charge in [-0.15, -0.1) is 0 Å². The molecule has 0 bridgehead atoms. The first-order valence-corrected chi connectivity index (χ1v) is 9.90. The smallest absolute Gasteiger partial charge is 0.240 e. The van der Waals surface area contributed by atoms with Gasteiger partial charge in [-0.1, -0.05) is 35.9 Å². The predicted molar refractivity (Wildman–Crippen MR) is 95.2 cm³/mol. The second-order valence-electron chi connectivity index (χ2n) is 6.63. The van der Waals surface area contributed by atoms with Crippen molar-refractivity contribution in [2.24, 2.45) is 0 Å². The van der Waals surface area contributed by atoms with Crippen molar-refractivity contribution in [1.82, 2.24) is 4.72 Å². The van der Waals surface area contributed by atoms with Crippen molar-refractivity contribution >= 4 is 10.0 Å². The fraction of sp³-hybridized carbons (Fsp3) is 0.368. The number of aliphatic hydroxyl groups is 1. The van der Waals surface area contributed by atoms with E-state index in [1.165, 1.54) is 12.1 Å². The Morgan fingerprint density at radius 1 is 1.04 bits per heavy atom. The third kappa shape index (κ3) is 4.26. The predicted octanol–water partition coefficient (Wildman–Crippen LogP) is 3.38. The van der Waals surface area contributed by atoms with Crippen LogP contribution >= 0.6 is 0 Å². The van der Waals surface area contributed by atoms with Crippen LogP contribution in [0.25, 0.3) is 11.1 Å². The van der Waals surface area contributed by atoms with Gasteiger partial charge in [0.05, 0.1) is 11.0 Å². The van der Waals surface area contributed by atoms with Crippen molar-refractivity contribution in [1.29, 1.82) is 0 Å². The lowest BCUT2D eigenvalue weighted by Crippen LogP contribution is -2.38. The number of sulfonamides is 1. The van der Waals surface area contributed by atoms with Crippen LogP contribution < -0.4 is 4.72 Å². The van der Waals surface area contributed by atoms with Crippen LogP contribution in [0.1, 0.15) is 31.2 Å². The standard InChI is InChI=1S/C19H22FNO3S/c1-13-2-4-14(5-3-13)18-11-10-17(12-19(18)20)25(23,24)21-15-6-8-16(22)9-7-15/h2-5,10-12,15-16,21-22H,6-9H2,1H3. The molecule has 6 heteroatoms. The monoisotopic (exact) mass is 363 g/mol. The summed E-state index contributed by atoms with van der Waals surface area (Å²) in [5.74, 6) is -0.564. The quantitative estimate of drug-likeness (QED) is 0.875. The van der Waals surface area contributed by atoms with Crippen LogP contribution in [0.4, 0.5) is 4.39 Å². The van der Waals surface area contributed by atoms with Crippen LogP contribution in [0.15, 0.2) is 47.4 Å². The molecule has 0 amide bonds. The number of aryl methyl sites for hydroxylation is 1. The van der Waals surface area contributed by atoms with Gasteiger partial charge in [0.1, 0.15) is 5.82 Å². The molecule has 2 aromatic rings. The molecule has 0 aliphatic heterocycles. The van der Waals surface area contributed by atoms with Gasteiger partial charge in [-0.3, -0.25) is 0 Å². The summed E-state index contributed by atoms with van der Waals surface area (Å²) in [5, 5.41) is 9.51. The second kappa shape index (κ2) is 7.23. The summed E-state index contributed by atoms with van der Waals surface area (Å²) >= 11 is 0. The second-order valence-corrected chi connectivity index (χ2v) is 8.35. The first kappa shape index (κ1) is 18.0. The fourth-order valence-electron chi connectivity index (χ4n) is 3.11. The van der Waals surface area contributed by atoms with Crippen LogP contribution in [0.2, 0.25) is 0 Å². The summed E-state index contributed by atoms with van der Waals surface area (Å²) in [4.78, 5) is -0.0769. The lowest BCUT2D eigenvalue weighted by Gasteiger charge is -2.26. The van der Waals surface area contributed by atoms with Gasteiger partial charge in [0.15, 0.2) is 0 Å². The maximum Gasteiger partial charge on any atom is 0.240 e. The van der Waals surface area contributed by atoms with E-state index in [4.69, 9.17) is 0 Å². The number of aliphatic hydroxyl groups excluding tert-OH is 1. The van der Waals surface area contributed by atoms with Gasteiger partial charge in [-0.2, -0.15) is 0 Å². The van der Waals surface area contributed by atoms with Crippen molar-refractivity contribution in [2.75, 3.05) is 0 Å². The van der Waals surface area contributed by atoms with Crippen molar-refractivity contribution in [3.05, 3.63) is 53.8 Å². The Kier molecular flexibility index (Phi) is 5.22. The minimum absolute atomic E-state index is 0.0769. The van der Waals surface area contributed by atoms with Crippen molar-refractivity contribution in [2.45, 2.75) is 49.6 Å². The molecule has 0 atom stereocenters. The molecule has 3 rings (SSSR count). The summed E-state index contributed by atoms with van der Waals surface area (Å²) in [7, 11) is -3.78. The Balaban J connectivity index is 1.80. The molecular weight excluding hydrogens is 341 g/mol. The molecule has 25 heavy (non-hydrogen) atoms. The number of hydrogen-bond acceptors (Lipinski definition) is 3. The Morgan fingerprint density at radius 3 is 2.28 bits per heavy atom. The molecule has 2 N–H and O–H groups in total. The Bertz CT molecular complexity index is 841. The average molecular weight is 363 g/mol. The molecule has 1 aliphatic rings. The highest BCUT2D eigenvalue weighted by atomic mass is 32.2. The van der Waals surface area contributed by atoms with E-state index < -0.39 is 15.8 Å². The number of rotatable bonds is 4. The first-order chi connectivity index (χ1) is 11.8. The Morgan fingerprint density at radius 2 is 1.68 bits per heavy atom. The van der Waals surface area contributed by atoms with Crippen LogP contribution in [-0.4, -0.2) is 25.7 Å². The van der Waals surface area contributed by atoms with Gasteiger partial charge >= 0.3 is 0 Å². The SMILES string of the molecule is Cc1ccc(-c2ccc(S(=O)(=O)NC3CCC(O)CC3)cc2F)cc1. The van der Waals surface area contributed by atoms with E-state index in [9.17, 15) is 17.9 Å². The molecule has 1 saturated carbocycles. The number of nitrogens with one attached hydrogen (secondary N) is 1. The normalized spacial score (nSPS) is 21.2. The van der Waals surface area contributed by atoms with E-state index in [1.807, 2.05) is 31.2 Å². The van der Waals surface area contributed by atoms with Crippen LogP contribution in [0, 0.1) is 12.7 Å². The van der Waals surface area contributed by atoms with Gasteiger partial charge < -0.3 is 5.11 Å². The van der Waals surface area contributed by atoms with E-state index in [-0.39, 0.29) is 17.0 Å². The maximum absolute atomic E-state index is 14.5. The van der Waals surface area contributed by atoms with E-state index in [0.717, 1.165) is 11.6 Å². The summed E-state index contributed by atoms with van der Waals surface area (Å²) < 4.78 is 42.1. The maximum atomic E-state index is 14.5. The molecule has 1 fully saturated rings. The van der Waals surface area contributed by atoms with Gasteiger partial charge in [0, 0.05) is 11.6 Å². The van der Waals surface area contributed by atoms with Gasteiger partial charge in [-0.05, 0) is 50.3 Å². The zero-order valence-electron chi connectivity index (χ0n) is 14.1. The van der Waals surface area contributed by atoms with E-state index in [0.29, 0.717) is 36.8 Å². The Labute approximate surface area is 147 Å². The van der Waals surface area contributed by atoms with Gasteiger partial charge in [-0.25, -0.2) is 17.5 Å². The summed E-state index contributed by atoms with van der Waals surface area (Å²) in [5.41, 5.74) is 2.16. The van der Waals surface area contributed by atoms with Crippen LogP contribution in [-0.2, 0) is 10.0 Å². The number of hydrogen-bond donors (Lipinski definition) is 2. The van der Waals surface area contributed by atoms with E-state index >= 15 is 0 Å². The highest BCUT2D eigenvalue weighted by molar-refractivity contribution is 7.89. The highest BCUT2D eigenvalue weighted by Crippen LogP contribution is 2.26. The molecular formula is C19H22FNO3S. The minimum atomic E-state index is -3.78. The average Bonchev–Trinajstić information content (AvgIpc) is 2.58. The molecule has 4 nitrogen and oxygen atoms in total. The third-order valence-corrected chi connectivity index (χ3v) is 6.15. The lowest BCUT2D eigenvalue weighted by molar-refractivity contribution is 0.120. The topological polar surface area (TPSA) is 66.4 Å². The molecule has 1 aliphatic carbocycles. The van der Waals surface area contributed by atoms with Crippen molar-refractivity contribution < 1.29 is 17.9 Å². The van der Waals surface area contributed by atoms with Crippen LogP contribution in [0.3, 0.4) is 0 Å². The number of benzene rings is 2. The zero-order chi connectivity index (χ0) is 18.0. The van der Waals surface area contributed by atoms with Crippen LogP contribution in [0.5, 0.6) is 0 Å². The van der Waals surface area contributed by atoms with Crippen molar-refractivity contribution in [3.63, 3.8) is 0 Å². The molecule has 0 heterocycles. The molecule has 0 radical (unpaired) electrons. The number of halogens is 1. The molecule has 2 aromatic carbocycles. The minimum Gasteiger partial charge on any atom is -0.393 e.